The summed E-state index contributed by atoms with van der Waals surface area (Å²) < 4.78 is 0. The van der Waals surface area contributed by atoms with Gasteiger partial charge in [-0.25, -0.2) is 9.97 Å². The van der Waals surface area contributed by atoms with Crippen LogP contribution in [-0.2, 0) is 0 Å². The molecule has 1 saturated heterocycles. The van der Waals surface area contributed by atoms with Crippen molar-refractivity contribution in [2.45, 2.75) is 26.4 Å². The molecule has 94 valence electrons. The molecule has 2 atom stereocenters. The molecule has 17 heavy (non-hydrogen) atoms. The zero-order chi connectivity index (χ0) is 12.6. The Kier molecular flexibility index (Phi) is 3.27. The number of nitrogens with zero attached hydrogens (tertiary/aromatic N) is 3. The molecule has 1 aromatic heterocycles. The van der Waals surface area contributed by atoms with Crippen LogP contribution in [0.2, 0.25) is 5.15 Å². The van der Waals surface area contributed by atoms with Crippen LogP contribution in [0.15, 0.2) is 12.4 Å². The molecule has 1 aliphatic heterocycles. The van der Waals surface area contributed by atoms with Crippen LogP contribution in [-0.4, -0.2) is 33.8 Å². The molecular formula is C12H18ClN3O. The number of hydrogen-bond donors (Lipinski definition) is 1. The lowest BCUT2D eigenvalue weighted by Crippen LogP contribution is -2.55. The number of rotatable bonds is 1. The average Bonchev–Trinajstić information content (AvgIpc) is 2.26. The molecule has 0 spiro atoms. The van der Waals surface area contributed by atoms with Gasteiger partial charge in [-0.2, -0.15) is 0 Å². The minimum Gasteiger partial charge on any atom is -0.389 e. The molecule has 1 N–H and O–H groups in total. The van der Waals surface area contributed by atoms with Gasteiger partial charge in [0.1, 0.15) is 17.3 Å². The van der Waals surface area contributed by atoms with Gasteiger partial charge in [-0.15, -0.1) is 0 Å². The molecule has 0 radical (unpaired) electrons. The lowest BCUT2D eigenvalue weighted by molar-refractivity contribution is -0.0504. The largest absolute Gasteiger partial charge is 0.389 e. The van der Waals surface area contributed by atoms with Crippen molar-refractivity contribution in [3.8, 4) is 0 Å². The molecule has 2 rings (SSSR count). The predicted molar refractivity (Wildman–Crippen MR) is 68.2 cm³/mol. The van der Waals surface area contributed by atoms with Crippen LogP contribution in [0.4, 0.5) is 5.82 Å². The van der Waals surface area contributed by atoms with E-state index in [1.807, 2.05) is 6.92 Å². The molecule has 1 aliphatic rings. The number of hydrogen-bond acceptors (Lipinski definition) is 4. The first-order valence-corrected chi connectivity index (χ1v) is 6.24. The Labute approximate surface area is 107 Å². The van der Waals surface area contributed by atoms with E-state index in [2.05, 4.69) is 28.7 Å². The van der Waals surface area contributed by atoms with E-state index in [9.17, 15) is 5.11 Å². The summed E-state index contributed by atoms with van der Waals surface area (Å²) in [6.07, 6.45) is 1.47. The number of anilines is 1. The minimum absolute atomic E-state index is 0.194. The highest BCUT2D eigenvalue weighted by molar-refractivity contribution is 6.29. The molecule has 0 amide bonds. The van der Waals surface area contributed by atoms with Crippen molar-refractivity contribution in [1.82, 2.24) is 9.97 Å². The number of piperidine rings is 1. The first-order valence-electron chi connectivity index (χ1n) is 5.86. The van der Waals surface area contributed by atoms with Gasteiger partial charge in [-0.05, 0) is 6.92 Å². The van der Waals surface area contributed by atoms with Crippen molar-refractivity contribution >= 4 is 17.4 Å². The Morgan fingerprint density at radius 1 is 1.35 bits per heavy atom. The maximum Gasteiger partial charge on any atom is 0.134 e. The second-order valence-corrected chi connectivity index (χ2v) is 5.52. The van der Waals surface area contributed by atoms with Crippen LogP contribution in [0, 0.1) is 11.8 Å². The van der Waals surface area contributed by atoms with Gasteiger partial charge in [0.25, 0.3) is 0 Å². The van der Waals surface area contributed by atoms with Gasteiger partial charge in [0, 0.05) is 31.0 Å². The Bertz CT molecular complexity index is 396. The summed E-state index contributed by atoms with van der Waals surface area (Å²) in [6, 6.07) is 1.76. The lowest BCUT2D eigenvalue weighted by atomic mass is 9.76. The summed E-state index contributed by atoms with van der Waals surface area (Å²) in [5, 5.41) is 10.8. The Hall–Kier alpha value is -0.870. The zero-order valence-electron chi connectivity index (χ0n) is 10.4. The fraction of sp³-hybridized carbons (Fsp3) is 0.667. The highest BCUT2D eigenvalue weighted by Gasteiger charge is 2.40. The van der Waals surface area contributed by atoms with Crippen molar-refractivity contribution in [2.24, 2.45) is 11.8 Å². The fourth-order valence-corrected chi connectivity index (χ4v) is 2.42. The summed E-state index contributed by atoms with van der Waals surface area (Å²) in [7, 11) is 0. The Morgan fingerprint density at radius 3 is 2.47 bits per heavy atom. The monoisotopic (exact) mass is 255 g/mol. The highest BCUT2D eigenvalue weighted by Crippen LogP contribution is 2.33. The summed E-state index contributed by atoms with van der Waals surface area (Å²) in [5.41, 5.74) is -0.618. The summed E-state index contributed by atoms with van der Waals surface area (Å²) in [6.45, 7) is 7.60. The molecule has 5 heteroatoms. The van der Waals surface area contributed by atoms with E-state index in [0.29, 0.717) is 5.15 Å². The maximum atomic E-state index is 10.3. The molecule has 2 unspecified atom stereocenters. The molecule has 1 fully saturated rings. The quantitative estimate of drug-likeness (QED) is 0.780. The van der Waals surface area contributed by atoms with Crippen LogP contribution in [0.1, 0.15) is 20.8 Å². The zero-order valence-corrected chi connectivity index (χ0v) is 11.1. The Morgan fingerprint density at radius 2 is 1.94 bits per heavy atom. The predicted octanol–water partition coefficient (Wildman–Crippen LogP) is 1.97. The molecular weight excluding hydrogens is 238 g/mol. The third-order valence-electron chi connectivity index (χ3n) is 3.93. The van der Waals surface area contributed by atoms with E-state index in [1.54, 1.807) is 6.07 Å². The van der Waals surface area contributed by atoms with Gasteiger partial charge in [-0.3, -0.25) is 0 Å². The number of halogens is 1. The Balaban J connectivity index is 2.20. The molecule has 0 bridgehead atoms. The van der Waals surface area contributed by atoms with Crippen molar-refractivity contribution in [3.05, 3.63) is 17.5 Å². The van der Waals surface area contributed by atoms with Crippen molar-refractivity contribution in [1.29, 1.82) is 0 Å². The van der Waals surface area contributed by atoms with Crippen molar-refractivity contribution < 1.29 is 5.11 Å². The summed E-state index contributed by atoms with van der Waals surface area (Å²) in [5.74, 6) is 1.22. The standard InChI is InChI=1S/C12H18ClN3O/c1-8-5-16(6-9(2)12(8,3)17)11-4-10(13)14-7-15-11/h4,7-9,17H,5-6H2,1-3H3. The normalized spacial score (nSPS) is 33.8. The van der Waals surface area contributed by atoms with Crippen LogP contribution >= 0.6 is 11.6 Å². The molecule has 1 aromatic rings. The van der Waals surface area contributed by atoms with Gasteiger partial charge in [0.2, 0.25) is 0 Å². The van der Waals surface area contributed by atoms with E-state index >= 15 is 0 Å². The average molecular weight is 256 g/mol. The molecule has 2 heterocycles. The van der Waals surface area contributed by atoms with Gasteiger partial charge in [-0.1, -0.05) is 25.4 Å². The smallest absolute Gasteiger partial charge is 0.134 e. The molecule has 0 aliphatic carbocycles. The van der Waals surface area contributed by atoms with E-state index < -0.39 is 5.60 Å². The van der Waals surface area contributed by atoms with Gasteiger partial charge < -0.3 is 10.0 Å². The molecule has 0 saturated carbocycles. The minimum atomic E-state index is -0.618. The van der Waals surface area contributed by atoms with Crippen LogP contribution in [0.25, 0.3) is 0 Å². The fourth-order valence-electron chi connectivity index (χ4n) is 2.28. The summed E-state index contributed by atoms with van der Waals surface area (Å²) in [4.78, 5) is 10.3. The van der Waals surface area contributed by atoms with Crippen molar-refractivity contribution in [3.63, 3.8) is 0 Å². The molecule has 0 aromatic carbocycles. The van der Waals surface area contributed by atoms with E-state index in [0.717, 1.165) is 18.9 Å². The van der Waals surface area contributed by atoms with Crippen LogP contribution in [0.3, 0.4) is 0 Å². The van der Waals surface area contributed by atoms with Crippen LogP contribution < -0.4 is 4.90 Å². The number of aromatic nitrogens is 2. The molecule has 4 nitrogen and oxygen atoms in total. The third kappa shape index (κ3) is 2.38. The first kappa shape index (κ1) is 12.6. The van der Waals surface area contributed by atoms with E-state index in [-0.39, 0.29) is 11.8 Å². The van der Waals surface area contributed by atoms with Gasteiger partial charge in [0.05, 0.1) is 5.60 Å². The lowest BCUT2D eigenvalue weighted by Gasteiger charge is -2.46. The number of aliphatic hydroxyl groups is 1. The summed E-state index contributed by atoms with van der Waals surface area (Å²) >= 11 is 5.87. The SMILES string of the molecule is CC1CN(c2cc(Cl)ncn2)CC(C)C1(C)O. The van der Waals surface area contributed by atoms with Gasteiger partial charge in [0.15, 0.2) is 0 Å². The third-order valence-corrected chi connectivity index (χ3v) is 4.13. The first-order chi connectivity index (χ1) is 7.91. The van der Waals surface area contributed by atoms with Crippen LogP contribution in [0.5, 0.6) is 0 Å². The van der Waals surface area contributed by atoms with E-state index in [1.165, 1.54) is 6.33 Å². The van der Waals surface area contributed by atoms with Crippen molar-refractivity contribution in [2.75, 3.05) is 18.0 Å². The van der Waals surface area contributed by atoms with E-state index in [4.69, 9.17) is 11.6 Å². The maximum absolute atomic E-state index is 10.3. The second-order valence-electron chi connectivity index (χ2n) is 5.13. The van der Waals surface area contributed by atoms with Gasteiger partial charge >= 0.3 is 0 Å². The highest BCUT2D eigenvalue weighted by atomic mass is 35.5. The second kappa shape index (κ2) is 4.42. The topological polar surface area (TPSA) is 49.2 Å².